The van der Waals surface area contributed by atoms with Crippen molar-refractivity contribution in [1.29, 1.82) is 0 Å². The zero-order valence-corrected chi connectivity index (χ0v) is 16.8. The van der Waals surface area contributed by atoms with Gasteiger partial charge in [0.2, 0.25) is 0 Å². The quantitative estimate of drug-likeness (QED) is 0.751. The van der Waals surface area contributed by atoms with Crippen molar-refractivity contribution >= 4 is 17.2 Å². The summed E-state index contributed by atoms with van der Waals surface area (Å²) in [6, 6.07) is 9.69. The molecule has 2 N–H and O–H groups in total. The van der Waals surface area contributed by atoms with E-state index in [1.165, 1.54) is 0 Å². The molecule has 1 heterocycles. The highest BCUT2D eigenvalue weighted by molar-refractivity contribution is 6.32. The lowest BCUT2D eigenvalue weighted by Gasteiger charge is -2.24. The van der Waals surface area contributed by atoms with E-state index in [2.05, 4.69) is 11.1 Å². The summed E-state index contributed by atoms with van der Waals surface area (Å²) in [5, 5.41) is 10.4. The predicted octanol–water partition coefficient (Wildman–Crippen LogP) is 4.90. The van der Waals surface area contributed by atoms with Crippen LogP contribution in [0.3, 0.4) is 0 Å². The number of benzene rings is 1. The number of pyridine rings is 1. The molecule has 2 aliphatic carbocycles. The van der Waals surface area contributed by atoms with Gasteiger partial charge < -0.3 is 14.8 Å². The molecule has 28 heavy (non-hydrogen) atoms. The third kappa shape index (κ3) is 4.18. The van der Waals surface area contributed by atoms with E-state index in [9.17, 15) is 9.90 Å². The Labute approximate surface area is 170 Å². The van der Waals surface area contributed by atoms with E-state index in [1.54, 1.807) is 7.11 Å². The number of aliphatic hydroxyl groups is 1. The number of rotatable bonds is 5. The molecule has 2 aromatic rings. The Morgan fingerprint density at radius 3 is 2.50 bits per heavy atom. The van der Waals surface area contributed by atoms with Crippen LogP contribution in [-0.2, 0) is 0 Å². The number of hydrogen-bond donors (Lipinski definition) is 2. The average Bonchev–Trinajstić information content (AvgIpc) is 3.52. The molecule has 0 radical (unpaired) electrons. The van der Waals surface area contributed by atoms with Gasteiger partial charge in [0.05, 0.1) is 18.2 Å². The average molecular weight is 400 g/mol. The number of halogens is 1. The van der Waals surface area contributed by atoms with Gasteiger partial charge in [-0.15, -0.1) is 0 Å². The number of aliphatic hydroxyl groups excluding tert-OH is 1. The first-order chi connectivity index (χ1) is 13.5. The largest absolute Gasteiger partial charge is 0.495 e. The second-order valence-corrected chi connectivity index (χ2v) is 8.34. The molecule has 4 nitrogen and oxygen atoms in total. The number of H-pyrrole nitrogens is 1. The minimum atomic E-state index is -0.193. The maximum Gasteiger partial charge on any atom is 0.251 e. The van der Waals surface area contributed by atoms with Crippen LogP contribution in [-0.4, -0.2) is 23.3 Å². The van der Waals surface area contributed by atoms with E-state index in [4.69, 9.17) is 16.3 Å². The summed E-state index contributed by atoms with van der Waals surface area (Å²) >= 11 is 6.37. The van der Waals surface area contributed by atoms with Crippen LogP contribution in [0.25, 0.3) is 5.57 Å². The van der Waals surface area contributed by atoms with E-state index in [0.29, 0.717) is 22.6 Å². The summed E-state index contributed by atoms with van der Waals surface area (Å²) < 4.78 is 5.28. The zero-order valence-electron chi connectivity index (χ0n) is 16.1. The molecule has 0 bridgehead atoms. The number of hydrogen-bond acceptors (Lipinski definition) is 3. The first-order valence-corrected chi connectivity index (χ1v) is 10.4. The number of nitrogens with one attached hydrogen (secondary N) is 1. The summed E-state index contributed by atoms with van der Waals surface area (Å²) in [6.07, 6.45) is 7.75. The van der Waals surface area contributed by atoms with Crippen molar-refractivity contribution in [1.82, 2.24) is 4.98 Å². The van der Waals surface area contributed by atoms with E-state index in [1.807, 2.05) is 30.3 Å². The SMILES string of the molecule is COc1ccc(/C(=C\C2CCC(O)CC2)c2ccc(C3CC3)c(=O)[nH]2)cc1Cl. The lowest BCUT2D eigenvalue weighted by atomic mass is 9.85. The fraction of sp³-hybridized carbons (Fsp3) is 0.435. The molecule has 2 saturated carbocycles. The molecule has 2 fully saturated rings. The van der Waals surface area contributed by atoms with Gasteiger partial charge in [-0.25, -0.2) is 0 Å². The summed E-state index contributed by atoms with van der Waals surface area (Å²) in [6.45, 7) is 0. The second-order valence-electron chi connectivity index (χ2n) is 7.93. The Morgan fingerprint density at radius 1 is 1.14 bits per heavy atom. The summed E-state index contributed by atoms with van der Waals surface area (Å²) in [4.78, 5) is 15.7. The molecule has 0 unspecified atom stereocenters. The topological polar surface area (TPSA) is 62.3 Å². The van der Waals surface area contributed by atoms with Gasteiger partial charge in [-0.05, 0) is 74.1 Å². The van der Waals surface area contributed by atoms with Crippen molar-refractivity contribution in [3.8, 4) is 5.75 Å². The summed E-state index contributed by atoms with van der Waals surface area (Å²) in [5.74, 6) is 1.41. The minimum absolute atomic E-state index is 0.00424. The van der Waals surface area contributed by atoms with Gasteiger partial charge in [-0.1, -0.05) is 29.8 Å². The molecule has 4 rings (SSSR count). The first-order valence-electron chi connectivity index (χ1n) is 10.0. The Balaban J connectivity index is 1.74. The second kappa shape index (κ2) is 8.14. The van der Waals surface area contributed by atoms with Crippen molar-refractivity contribution in [2.24, 2.45) is 5.92 Å². The lowest BCUT2D eigenvalue weighted by Crippen LogP contribution is -2.18. The molecule has 0 saturated heterocycles. The van der Waals surface area contributed by atoms with Crippen LogP contribution in [0.2, 0.25) is 5.02 Å². The van der Waals surface area contributed by atoms with Gasteiger partial charge in [0.1, 0.15) is 5.75 Å². The van der Waals surface area contributed by atoms with Crippen LogP contribution >= 0.6 is 11.6 Å². The molecule has 5 heteroatoms. The number of methoxy groups -OCH3 is 1. The third-order valence-corrected chi connectivity index (χ3v) is 6.15. The number of allylic oxidation sites excluding steroid dienone is 1. The molecular formula is C23H26ClNO3. The molecule has 2 aliphatic rings. The van der Waals surface area contributed by atoms with Crippen molar-refractivity contribution in [2.45, 2.75) is 50.5 Å². The Morgan fingerprint density at radius 2 is 1.89 bits per heavy atom. The van der Waals surface area contributed by atoms with Gasteiger partial charge in [0, 0.05) is 16.8 Å². The highest BCUT2D eigenvalue weighted by atomic mass is 35.5. The monoisotopic (exact) mass is 399 g/mol. The smallest absolute Gasteiger partial charge is 0.251 e. The fourth-order valence-corrected chi connectivity index (χ4v) is 4.29. The van der Waals surface area contributed by atoms with Crippen molar-refractivity contribution in [2.75, 3.05) is 7.11 Å². The minimum Gasteiger partial charge on any atom is -0.495 e. The third-order valence-electron chi connectivity index (χ3n) is 5.85. The molecule has 1 aromatic carbocycles. The molecule has 0 atom stereocenters. The Kier molecular flexibility index (Phi) is 5.61. The zero-order chi connectivity index (χ0) is 19.7. The van der Waals surface area contributed by atoms with E-state index in [0.717, 1.165) is 60.9 Å². The molecule has 0 amide bonds. The van der Waals surface area contributed by atoms with Crippen LogP contribution in [0.1, 0.15) is 61.3 Å². The van der Waals surface area contributed by atoms with Crippen LogP contribution in [0.15, 0.2) is 41.2 Å². The van der Waals surface area contributed by atoms with Gasteiger partial charge in [-0.3, -0.25) is 4.79 Å². The molecule has 0 aliphatic heterocycles. The normalized spacial score (nSPS) is 22.9. The van der Waals surface area contributed by atoms with Crippen LogP contribution in [0.5, 0.6) is 5.75 Å². The maximum absolute atomic E-state index is 12.6. The van der Waals surface area contributed by atoms with Gasteiger partial charge >= 0.3 is 0 Å². The number of aromatic amines is 1. The lowest BCUT2D eigenvalue weighted by molar-refractivity contribution is 0.118. The maximum atomic E-state index is 12.6. The van der Waals surface area contributed by atoms with Crippen LogP contribution < -0.4 is 10.3 Å². The van der Waals surface area contributed by atoms with Crippen molar-refractivity contribution in [3.63, 3.8) is 0 Å². The summed E-state index contributed by atoms with van der Waals surface area (Å²) in [7, 11) is 1.60. The van der Waals surface area contributed by atoms with E-state index >= 15 is 0 Å². The van der Waals surface area contributed by atoms with E-state index < -0.39 is 0 Å². The van der Waals surface area contributed by atoms with Gasteiger partial charge in [0.15, 0.2) is 0 Å². The molecule has 1 aromatic heterocycles. The fourth-order valence-electron chi connectivity index (χ4n) is 4.04. The Bertz CT molecular complexity index is 937. The number of aromatic nitrogens is 1. The van der Waals surface area contributed by atoms with Crippen molar-refractivity contribution in [3.05, 3.63) is 68.6 Å². The highest BCUT2D eigenvalue weighted by Crippen LogP contribution is 2.39. The van der Waals surface area contributed by atoms with Gasteiger partial charge in [0.25, 0.3) is 5.56 Å². The molecular weight excluding hydrogens is 374 g/mol. The molecule has 0 spiro atoms. The highest BCUT2D eigenvalue weighted by Gasteiger charge is 2.26. The van der Waals surface area contributed by atoms with Crippen LogP contribution in [0, 0.1) is 5.92 Å². The number of ether oxygens (including phenoxy) is 1. The van der Waals surface area contributed by atoms with Crippen molar-refractivity contribution < 1.29 is 9.84 Å². The standard InChI is InChI=1S/C23H26ClNO3/c1-28-22-11-6-16(13-20(22)24)19(12-14-2-7-17(26)8-3-14)21-10-9-18(15-4-5-15)23(27)25-21/h6,9-15,17,26H,2-5,7-8H2,1H3,(H,25,27)/b19-12+. The molecule has 148 valence electrons. The van der Waals surface area contributed by atoms with Crippen LogP contribution in [0.4, 0.5) is 0 Å². The van der Waals surface area contributed by atoms with E-state index in [-0.39, 0.29) is 11.7 Å². The predicted molar refractivity (Wildman–Crippen MR) is 112 cm³/mol. The Hall–Kier alpha value is -2.04. The van der Waals surface area contributed by atoms with Gasteiger partial charge in [-0.2, -0.15) is 0 Å². The summed E-state index contributed by atoms with van der Waals surface area (Å²) in [5.41, 5.74) is 3.63. The first kappa shape index (κ1) is 19.3.